The fraction of sp³-hybridized carbons (Fsp3) is 0.375. The first-order valence-electron chi connectivity index (χ1n) is 10.4. The monoisotopic (exact) mass is 408 g/mol. The van der Waals surface area contributed by atoms with Crippen LogP contribution >= 0.6 is 11.3 Å². The molecule has 0 spiro atoms. The number of amides is 1. The van der Waals surface area contributed by atoms with E-state index in [9.17, 15) is 4.79 Å². The van der Waals surface area contributed by atoms with E-state index >= 15 is 0 Å². The molecule has 2 heterocycles. The number of hydrogen-bond acceptors (Lipinski definition) is 4. The smallest absolute Gasteiger partial charge is 0.258 e. The van der Waals surface area contributed by atoms with Gasteiger partial charge < -0.3 is 10.1 Å². The molecule has 1 atom stereocenters. The Balaban J connectivity index is 1.33. The van der Waals surface area contributed by atoms with E-state index in [-0.39, 0.29) is 18.6 Å². The minimum atomic E-state index is -0.0757. The molecule has 29 heavy (non-hydrogen) atoms. The third-order valence-corrected chi connectivity index (χ3v) is 6.29. The van der Waals surface area contributed by atoms with Crippen molar-refractivity contribution in [3.63, 3.8) is 0 Å². The fourth-order valence-electron chi connectivity index (χ4n) is 4.00. The van der Waals surface area contributed by atoms with Gasteiger partial charge in [0.1, 0.15) is 5.75 Å². The van der Waals surface area contributed by atoms with Gasteiger partial charge in [0.2, 0.25) is 0 Å². The Morgan fingerprint density at radius 1 is 1.03 bits per heavy atom. The van der Waals surface area contributed by atoms with Gasteiger partial charge in [-0.3, -0.25) is 9.69 Å². The minimum Gasteiger partial charge on any atom is -0.484 e. The lowest BCUT2D eigenvalue weighted by molar-refractivity contribution is -0.123. The van der Waals surface area contributed by atoms with Crippen molar-refractivity contribution in [2.24, 2.45) is 0 Å². The van der Waals surface area contributed by atoms with E-state index in [0.29, 0.717) is 6.54 Å². The highest BCUT2D eigenvalue weighted by molar-refractivity contribution is 7.07. The summed E-state index contributed by atoms with van der Waals surface area (Å²) in [5.41, 5.74) is 1.30. The summed E-state index contributed by atoms with van der Waals surface area (Å²) >= 11 is 1.72. The molecule has 1 amide bonds. The normalized spacial score (nSPS) is 16.3. The van der Waals surface area contributed by atoms with Gasteiger partial charge in [0.25, 0.3) is 5.91 Å². The summed E-state index contributed by atoms with van der Waals surface area (Å²) in [6.45, 7) is 2.86. The quantitative estimate of drug-likeness (QED) is 0.597. The fourth-order valence-corrected chi connectivity index (χ4v) is 4.70. The summed E-state index contributed by atoms with van der Waals surface area (Å²) in [4.78, 5) is 15.0. The summed E-state index contributed by atoms with van der Waals surface area (Å²) in [6.07, 6.45) is 5.08. The van der Waals surface area contributed by atoms with Crippen molar-refractivity contribution in [1.82, 2.24) is 10.2 Å². The third kappa shape index (κ3) is 5.37. The Morgan fingerprint density at radius 2 is 1.83 bits per heavy atom. The average molecular weight is 409 g/mol. The summed E-state index contributed by atoms with van der Waals surface area (Å²) in [7, 11) is 0. The van der Waals surface area contributed by atoms with Gasteiger partial charge in [-0.2, -0.15) is 11.3 Å². The number of carbonyl (C=O) groups excluding carboxylic acids is 1. The van der Waals surface area contributed by atoms with Gasteiger partial charge in [-0.1, -0.05) is 43.2 Å². The molecule has 1 fully saturated rings. The molecule has 152 valence electrons. The molecule has 5 heteroatoms. The zero-order valence-corrected chi connectivity index (χ0v) is 17.5. The highest BCUT2D eigenvalue weighted by atomic mass is 32.1. The topological polar surface area (TPSA) is 41.6 Å². The largest absolute Gasteiger partial charge is 0.484 e. The molecule has 4 nitrogen and oxygen atoms in total. The van der Waals surface area contributed by atoms with Crippen LogP contribution < -0.4 is 10.1 Å². The molecule has 1 aliphatic rings. The zero-order valence-electron chi connectivity index (χ0n) is 16.7. The number of nitrogens with one attached hydrogen (secondary N) is 1. The van der Waals surface area contributed by atoms with Gasteiger partial charge in [-0.05, 0) is 71.2 Å². The summed E-state index contributed by atoms with van der Waals surface area (Å²) in [5.74, 6) is 0.647. The van der Waals surface area contributed by atoms with Gasteiger partial charge >= 0.3 is 0 Å². The van der Waals surface area contributed by atoms with Crippen LogP contribution in [0, 0.1) is 0 Å². The number of benzene rings is 2. The highest BCUT2D eigenvalue weighted by Gasteiger charge is 2.22. The first-order chi connectivity index (χ1) is 14.3. The van der Waals surface area contributed by atoms with Crippen LogP contribution in [0.15, 0.2) is 59.3 Å². The molecule has 0 radical (unpaired) electrons. The van der Waals surface area contributed by atoms with E-state index in [2.05, 4.69) is 39.2 Å². The lowest BCUT2D eigenvalue weighted by Gasteiger charge is -2.30. The number of thiophene rings is 1. The van der Waals surface area contributed by atoms with Crippen LogP contribution in [-0.2, 0) is 4.79 Å². The molecule has 4 rings (SSSR count). The van der Waals surface area contributed by atoms with Gasteiger partial charge in [0.15, 0.2) is 6.61 Å². The predicted molar refractivity (Wildman–Crippen MR) is 120 cm³/mol. The number of fused-ring (bicyclic) bond motifs is 1. The maximum Gasteiger partial charge on any atom is 0.258 e. The second-order valence-electron chi connectivity index (χ2n) is 7.62. The van der Waals surface area contributed by atoms with Crippen LogP contribution in [0.3, 0.4) is 0 Å². The highest BCUT2D eigenvalue weighted by Crippen LogP contribution is 2.25. The van der Waals surface area contributed by atoms with Crippen LogP contribution in [0.25, 0.3) is 10.8 Å². The van der Waals surface area contributed by atoms with Gasteiger partial charge in [-0.25, -0.2) is 0 Å². The third-order valence-electron chi connectivity index (χ3n) is 5.59. The van der Waals surface area contributed by atoms with E-state index in [4.69, 9.17) is 4.74 Å². The lowest BCUT2D eigenvalue weighted by Crippen LogP contribution is -2.40. The van der Waals surface area contributed by atoms with Crippen LogP contribution in [0.2, 0.25) is 0 Å². The van der Waals surface area contributed by atoms with Gasteiger partial charge in [0, 0.05) is 6.54 Å². The number of ether oxygens (including phenoxy) is 1. The van der Waals surface area contributed by atoms with Crippen LogP contribution in [0.4, 0.5) is 0 Å². The Kier molecular flexibility index (Phi) is 6.80. The Bertz CT molecular complexity index is 918. The molecular weight excluding hydrogens is 380 g/mol. The molecule has 0 aliphatic carbocycles. The Labute approximate surface area is 176 Å². The van der Waals surface area contributed by atoms with Crippen molar-refractivity contribution in [2.45, 2.75) is 31.7 Å². The number of hydrogen-bond donors (Lipinski definition) is 1. The van der Waals surface area contributed by atoms with E-state index in [0.717, 1.165) is 24.2 Å². The molecular formula is C24H28N2O2S. The standard InChI is InChI=1S/C24H28N2O2S/c27-24(17-28-22-10-9-19-7-3-4-8-20(19)15-22)25-16-23(21-11-14-29-18-21)26-12-5-1-2-6-13-26/h3-4,7-11,14-15,18,23H,1-2,5-6,12-13,16-17H2,(H,25,27). The number of nitrogens with zero attached hydrogens (tertiary/aromatic N) is 1. The maximum atomic E-state index is 12.5. The SMILES string of the molecule is O=C(COc1ccc2ccccc2c1)NCC(c1ccsc1)N1CCCCCC1. The van der Waals surface area contributed by atoms with E-state index in [1.54, 1.807) is 11.3 Å². The van der Waals surface area contributed by atoms with Crippen molar-refractivity contribution in [3.05, 3.63) is 64.9 Å². The Morgan fingerprint density at radius 3 is 2.59 bits per heavy atom. The first kappa shape index (κ1) is 19.9. The van der Waals surface area contributed by atoms with Crippen LogP contribution in [0.1, 0.15) is 37.3 Å². The zero-order chi connectivity index (χ0) is 19.9. The molecule has 1 N–H and O–H groups in total. The number of likely N-dealkylation sites (tertiary alicyclic amines) is 1. The van der Waals surface area contributed by atoms with Crippen molar-refractivity contribution < 1.29 is 9.53 Å². The molecule has 1 aromatic heterocycles. The second kappa shape index (κ2) is 9.90. The van der Waals surface area contributed by atoms with Crippen molar-refractivity contribution in [3.8, 4) is 5.75 Å². The van der Waals surface area contributed by atoms with Gasteiger partial charge in [-0.15, -0.1) is 0 Å². The number of carbonyl (C=O) groups is 1. The molecule has 3 aromatic rings. The van der Waals surface area contributed by atoms with Crippen LogP contribution in [0.5, 0.6) is 5.75 Å². The predicted octanol–water partition coefficient (Wildman–Crippen LogP) is 5.01. The summed E-state index contributed by atoms with van der Waals surface area (Å²) in [6, 6.07) is 16.5. The molecule has 0 saturated carbocycles. The minimum absolute atomic E-state index is 0.0364. The van der Waals surface area contributed by atoms with Gasteiger partial charge in [0.05, 0.1) is 6.04 Å². The summed E-state index contributed by atoms with van der Waals surface area (Å²) < 4.78 is 5.74. The first-order valence-corrected chi connectivity index (χ1v) is 11.4. The number of rotatable bonds is 7. The molecule has 2 aromatic carbocycles. The molecule has 1 aliphatic heterocycles. The summed E-state index contributed by atoms with van der Waals surface area (Å²) in [5, 5.41) is 9.69. The second-order valence-corrected chi connectivity index (χ2v) is 8.40. The Hall–Kier alpha value is -2.37. The van der Waals surface area contributed by atoms with Crippen molar-refractivity contribution in [1.29, 1.82) is 0 Å². The van der Waals surface area contributed by atoms with E-state index in [1.807, 2.05) is 30.3 Å². The van der Waals surface area contributed by atoms with Crippen molar-refractivity contribution in [2.75, 3.05) is 26.2 Å². The molecule has 1 saturated heterocycles. The van der Waals surface area contributed by atoms with Crippen molar-refractivity contribution >= 4 is 28.0 Å². The van der Waals surface area contributed by atoms with E-state index < -0.39 is 0 Å². The lowest BCUT2D eigenvalue weighted by atomic mass is 10.1. The van der Waals surface area contributed by atoms with E-state index in [1.165, 1.54) is 36.6 Å². The molecule has 1 unspecified atom stereocenters. The van der Waals surface area contributed by atoms with Crippen LogP contribution in [-0.4, -0.2) is 37.0 Å². The average Bonchev–Trinajstić information content (AvgIpc) is 3.15. The molecule has 0 bridgehead atoms. The maximum absolute atomic E-state index is 12.5.